The van der Waals surface area contributed by atoms with E-state index in [1.54, 1.807) is 6.07 Å². The predicted octanol–water partition coefficient (Wildman–Crippen LogP) is 2.63. The summed E-state index contributed by atoms with van der Waals surface area (Å²) in [5.41, 5.74) is 1.01. The monoisotopic (exact) mass is 312 g/mol. The Morgan fingerprint density at radius 3 is 2.78 bits per heavy atom. The van der Waals surface area contributed by atoms with Gasteiger partial charge in [0.25, 0.3) is 0 Å². The molecule has 0 spiro atoms. The van der Waals surface area contributed by atoms with Crippen LogP contribution in [0.5, 0.6) is 11.5 Å². The summed E-state index contributed by atoms with van der Waals surface area (Å²) in [6.45, 7) is 0.569. The average molecular weight is 312 g/mol. The van der Waals surface area contributed by atoms with Gasteiger partial charge in [-0.25, -0.2) is 4.79 Å². The predicted molar refractivity (Wildman–Crippen MR) is 81.5 cm³/mol. The number of carboxylic acids is 1. The van der Waals surface area contributed by atoms with Crippen LogP contribution in [0.15, 0.2) is 33.7 Å². The zero-order valence-corrected chi connectivity index (χ0v) is 12.0. The van der Waals surface area contributed by atoms with Crippen LogP contribution in [0.4, 0.5) is 0 Å². The van der Waals surface area contributed by atoms with Crippen molar-refractivity contribution in [2.45, 2.75) is 12.8 Å². The van der Waals surface area contributed by atoms with Crippen LogP contribution in [0, 0.1) is 0 Å². The lowest BCUT2D eigenvalue weighted by Gasteiger charge is -2.20. The molecule has 23 heavy (non-hydrogen) atoms. The molecule has 2 heterocycles. The molecule has 1 aromatic carbocycles. The van der Waals surface area contributed by atoms with Gasteiger partial charge in [-0.2, -0.15) is 0 Å². The highest BCUT2D eigenvalue weighted by Gasteiger charge is 2.24. The zero-order valence-electron chi connectivity index (χ0n) is 12.0. The Bertz CT molecular complexity index is 985. The largest absolute Gasteiger partial charge is 0.507 e. The fourth-order valence-corrected chi connectivity index (χ4v) is 3.02. The van der Waals surface area contributed by atoms with Crippen LogP contribution in [0.3, 0.4) is 0 Å². The second-order valence-corrected chi connectivity index (χ2v) is 5.50. The highest BCUT2D eigenvalue weighted by Crippen LogP contribution is 2.43. The molecule has 2 aliphatic heterocycles. The molecule has 0 aromatic heterocycles. The Balaban J connectivity index is 2.16. The minimum absolute atomic E-state index is 0.0199. The Morgan fingerprint density at radius 2 is 2.00 bits per heavy atom. The number of rotatable bonds is 1. The third-order valence-electron chi connectivity index (χ3n) is 4.12. The second kappa shape index (κ2) is 4.74. The van der Waals surface area contributed by atoms with Crippen molar-refractivity contribution in [3.05, 3.63) is 45.8 Å². The van der Waals surface area contributed by atoms with Crippen LogP contribution >= 0.6 is 0 Å². The highest BCUT2D eigenvalue weighted by molar-refractivity contribution is 6.02. The van der Waals surface area contributed by atoms with E-state index in [1.807, 2.05) is 0 Å². The molecule has 6 nitrogen and oxygen atoms in total. The molecule has 1 aliphatic carbocycles. The number of aromatic hydroxyl groups is 1. The van der Waals surface area contributed by atoms with Crippen molar-refractivity contribution >= 4 is 16.9 Å². The summed E-state index contributed by atoms with van der Waals surface area (Å²) in [5, 5.41) is 20.1. The smallest absolute Gasteiger partial charge is 0.335 e. The molecule has 0 unspecified atom stereocenters. The summed E-state index contributed by atoms with van der Waals surface area (Å²) in [6, 6.07) is 4.10. The van der Waals surface area contributed by atoms with Crippen LogP contribution in [0.2, 0.25) is 0 Å². The average Bonchev–Trinajstić information content (AvgIpc) is 2.54. The molecule has 4 rings (SSSR count). The third-order valence-corrected chi connectivity index (χ3v) is 4.12. The van der Waals surface area contributed by atoms with Crippen molar-refractivity contribution in [1.29, 1.82) is 0 Å². The van der Waals surface area contributed by atoms with Gasteiger partial charge in [0.05, 0.1) is 23.1 Å². The number of hydrogen-bond donors (Lipinski definition) is 2. The minimum atomic E-state index is -1.20. The quantitative estimate of drug-likeness (QED) is 0.670. The highest BCUT2D eigenvalue weighted by atomic mass is 16.5. The van der Waals surface area contributed by atoms with E-state index >= 15 is 0 Å². The first kappa shape index (κ1) is 13.6. The van der Waals surface area contributed by atoms with E-state index in [2.05, 4.69) is 0 Å². The van der Waals surface area contributed by atoms with E-state index in [0.29, 0.717) is 40.9 Å². The summed E-state index contributed by atoms with van der Waals surface area (Å²) in [6.07, 6.45) is 2.71. The third kappa shape index (κ3) is 1.95. The molecule has 1 aromatic rings. The Kier molecular flexibility index (Phi) is 2.81. The number of ether oxygens (including phenoxy) is 1. The van der Waals surface area contributed by atoms with Gasteiger partial charge >= 0.3 is 5.97 Å². The maximum atomic E-state index is 12.1. The van der Waals surface area contributed by atoms with E-state index in [-0.39, 0.29) is 16.9 Å². The molecule has 0 fully saturated rings. The first-order valence-electron chi connectivity index (χ1n) is 7.16. The Morgan fingerprint density at radius 1 is 1.17 bits per heavy atom. The molecule has 0 saturated carbocycles. The van der Waals surface area contributed by atoms with E-state index in [9.17, 15) is 14.7 Å². The summed E-state index contributed by atoms with van der Waals surface area (Å²) in [5.74, 6) is -0.659. The molecular weight excluding hydrogens is 300 g/mol. The van der Waals surface area contributed by atoms with Gasteiger partial charge in [-0.3, -0.25) is 4.79 Å². The van der Waals surface area contributed by atoms with E-state index in [0.717, 1.165) is 12.5 Å². The van der Waals surface area contributed by atoms with Gasteiger partial charge in [-0.1, -0.05) is 0 Å². The minimum Gasteiger partial charge on any atom is -0.507 e. The summed E-state index contributed by atoms with van der Waals surface area (Å²) in [4.78, 5) is 23.3. The number of phenols is 1. The van der Waals surface area contributed by atoms with Gasteiger partial charge in [-0.05, 0) is 18.9 Å². The fraction of sp³-hybridized carbons (Fsp3) is 0.176. The molecule has 0 saturated heterocycles. The zero-order chi connectivity index (χ0) is 16.1. The van der Waals surface area contributed by atoms with Crippen molar-refractivity contribution in [2.24, 2.45) is 0 Å². The van der Waals surface area contributed by atoms with Crippen LogP contribution in [-0.4, -0.2) is 22.8 Å². The number of fused-ring (bicyclic) bond motifs is 4. The molecule has 3 aliphatic rings. The number of aromatic carboxylic acids is 1. The number of benzene rings is 2. The van der Waals surface area contributed by atoms with Gasteiger partial charge < -0.3 is 19.4 Å². The van der Waals surface area contributed by atoms with Crippen molar-refractivity contribution in [1.82, 2.24) is 0 Å². The maximum Gasteiger partial charge on any atom is 0.335 e. The maximum absolute atomic E-state index is 12.1. The van der Waals surface area contributed by atoms with Gasteiger partial charge in [0.1, 0.15) is 23.3 Å². The molecule has 116 valence electrons. The molecule has 2 N–H and O–H groups in total. The molecule has 0 bridgehead atoms. The Hall–Kier alpha value is -3.02. The van der Waals surface area contributed by atoms with Crippen molar-refractivity contribution in [2.75, 3.05) is 6.61 Å². The van der Waals surface area contributed by atoms with Crippen molar-refractivity contribution in [3.63, 3.8) is 0 Å². The number of hydrogen-bond acceptors (Lipinski definition) is 5. The van der Waals surface area contributed by atoms with Crippen LogP contribution in [0.25, 0.3) is 22.1 Å². The Labute approximate surface area is 129 Å². The SMILES string of the molecule is O=C(O)c1cc2c3c(O)c4c(cc3occ-2c(=O)c1)OCCC4. The number of carbonyl (C=O) groups is 1. The topological polar surface area (TPSA) is 97.0 Å². The number of carboxylic acid groups (broad SMARTS) is 1. The molecule has 0 atom stereocenters. The van der Waals surface area contributed by atoms with Crippen LogP contribution in [0.1, 0.15) is 22.3 Å². The van der Waals surface area contributed by atoms with Gasteiger partial charge in [0, 0.05) is 23.3 Å². The molecular formula is C17H12O6. The fourth-order valence-electron chi connectivity index (χ4n) is 3.02. The lowest BCUT2D eigenvalue weighted by atomic mass is 9.94. The van der Waals surface area contributed by atoms with Gasteiger partial charge in [-0.15, -0.1) is 0 Å². The van der Waals surface area contributed by atoms with Crippen LogP contribution < -0.4 is 10.2 Å². The normalized spacial score (nSPS) is 13.7. The first-order valence-corrected chi connectivity index (χ1v) is 7.16. The van der Waals surface area contributed by atoms with E-state index < -0.39 is 11.4 Å². The standard InChI is InChI=1S/C17H12O6/c18-12-5-8(17(20)21)4-10-11(12)7-23-14-6-13-9(2-1-3-22-13)16(19)15(10)14/h4-7,19H,1-3H2,(H,20,21). The van der Waals surface area contributed by atoms with E-state index in [1.165, 1.54) is 12.3 Å². The molecule has 6 heteroatoms. The summed E-state index contributed by atoms with van der Waals surface area (Å²) in [7, 11) is 0. The lowest BCUT2D eigenvalue weighted by Crippen LogP contribution is -2.11. The lowest BCUT2D eigenvalue weighted by molar-refractivity contribution is 0.0697. The van der Waals surface area contributed by atoms with Crippen molar-refractivity contribution < 1.29 is 24.2 Å². The van der Waals surface area contributed by atoms with Gasteiger partial charge in [0.15, 0.2) is 5.43 Å². The first-order chi connectivity index (χ1) is 11.1. The molecule has 0 radical (unpaired) electrons. The van der Waals surface area contributed by atoms with E-state index in [4.69, 9.17) is 14.3 Å². The summed E-state index contributed by atoms with van der Waals surface area (Å²) >= 11 is 0. The number of phenolic OH excluding ortho intramolecular Hbond substituents is 1. The molecule has 0 amide bonds. The summed E-state index contributed by atoms with van der Waals surface area (Å²) < 4.78 is 11.0. The van der Waals surface area contributed by atoms with Crippen molar-refractivity contribution in [3.8, 4) is 22.6 Å². The second-order valence-electron chi connectivity index (χ2n) is 5.50. The van der Waals surface area contributed by atoms with Crippen LogP contribution in [-0.2, 0) is 6.42 Å². The van der Waals surface area contributed by atoms with Gasteiger partial charge in [0.2, 0.25) is 0 Å².